The van der Waals surface area contributed by atoms with Gasteiger partial charge in [-0.15, -0.1) is 0 Å². The smallest absolute Gasteiger partial charge is 0.339 e. The van der Waals surface area contributed by atoms with Crippen LogP contribution < -0.4 is 8.92 Å². The van der Waals surface area contributed by atoms with Gasteiger partial charge in [0.05, 0.1) is 5.56 Å². The summed E-state index contributed by atoms with van der Waals surface area (Å²) in [4.78, 5) is 12.3. The van der Waals surface area contributed by atoms with Crippen LogP contribution in [0.2, 0.25) is 0 Å². The van der Waals surface area contributed by atoms with E-state index in [4.69, 9.17) is 8.92 Å². The Morgan fingerprint density at radius 2 is 1.76 bits per heavy atom. The molecule has 0 saturated heterocycles. The van der Waals surface area contributed by atoms with Crippen molar-refractivity contribution >= 4 is 37.9 Å². The van der Waals surface area contributed by atoms with Crippen LogP contribution in [0.1, 0.15) is 15.9 Å². The maximum Gasteiger partial charge on any atom is 0.339 e. The molecule has 1 aliphatic rings. The fourth-order valence-electron chi connectivity index (χ4n) is 2.74. The SMILES string of the molecule is O=C1C(=Cc2cccc(Br)c2)Oc2cc(OS(=O)(=O)c3ccc(F)cc3)ccc21. The minimum atomic E-state index is -4.15. The quantitative estimate of drug-likeness (QED) is 0.394. The fourth-order valence-corrected chi connectivity index (χ4v) is 4.08. The van der Waals surface area contributed by atoms with Crippen LogP contribution in [-0.4, -0.2) is 14.2 Å². The summed E-state index contributed by atoms with van der Waals surface area (Å²) < 4.78 is 49.3. The number of ketones is 1. The molecule has 0 N–H and O–H groups in total. The molecular formula is C21H12BrFO5S. The summed E-state index contributed by atoms with van der Waals surface area (Å²) in [5, 5.41) is 0. The lowest BCUT2D eigenvalue weighted by atomic mass is 10.1. The second kappa shape index (κ2) is 7.46. The number of Topliss-reactive ketones (excluding diaryl/α,β-unsaturated/α-hetero) is 1. The van der Waals surface area contributed by atoms with Crippen molar-refractivity contribution in [3.05, 3.63) is 93.9 Å². The van der Waals surface area contributed by atoms with Crippen LogP contribution in [0.15, 0.2) is 81.9 Å². The van der Waals surface area contributed by atoms with E-state index in [-0.39, 0.29) is 27.9 Å². The standard InChI is InChI=1S/C21H12BrFO5S/c22-14-3-1-2-13(10-14)11-20-21(24)18-9-6-16(12-19(18)27-20)28-29(25,26)17-7-4-15(23)5-8-17/h1-12H. The Labute approximate surface area is 174 Å². The highest BCUT2D eigenvalue weighted by molar-refractivity contribution is 9.10. The number of carbonyl (C=O) groups is 1. The molecular weight excluding hydrogens is 463 g/mol. The highest BCUT2D eigenvalue weighted by Crippen LogP contribution is 2.35. The van der Waals surface area contributed by atoms with Crippen molar-refractivity contribution in [2.75, 3.05) is 0 Å². The molecule has 1 aliphatic heterocycles. The summed E-state index contributed by atoms with van der Waals surface area (Å²) in [6.45, 7) is 0. The number of carbonyl (C=O) groups excluding carboxylic acids is 1. The van der Waals surface area contributed by atoms with Gasteiger partial charge in [0.1, 0.15) is 22.2 Å². The van der Waals surface area contributed by atoms with Gasteiger partial charge in [0.2, 0.25) is 5.78 Å². The van der Waals surface area contributed by atoms with Crippen molar-refractivity contribution in [2.24, 2.45) is 0 Å². The summed E-state index contributed by atoms with van der Waals surface area (Å²) >= 11 is 3.37. The molecule has 0 aliphatic carbocycles. The van der Waals surface area contributed by atoms with E-state index in [9.17, 15) is 17.6 Å². The van der Waals surface area contributed by atoms with Crippen molar-refractivity contribution in [1.29, 1.82) is 0 Å². The van der Waals surface area contributed by atoms with Crippen LogP contribution in [0.3, 0.4) is 0 Å². The third kappa shape index (κ3) is 4.08. The predicted octanol–water partition coefficient (Wildman–Crippen LogP) is 4.97. The molecule has 0 aromatic heterocycles. The lowest BCUT2D eigenvalue weighted by molar-refractivity contribution is 0.101. The van der Waals surface area contributed by atoms with Gasteiger partial charge in [-0.25, -0.2) is 4.39 Å². The van der Waals surface area contributed by atoms with Crippen molar-refractivity contribution in [2.45, 2.75) is 4.90 Å². The number of halogens is 2. The Bertz CT molecular complexity index is 1250. The molecule has 146 valence electrons. The van der Waals surface area contributed by atoms with Gasteiger partial charge in [0, 0.05) is 10.5 Å². The van der Waals surface area contributed by atoms with Gasteiger partial charge in [-0.05, 0) is 60.2 Å². The first-order chi connectivity index (χ1) is 13.8. The molecule has 0 radical (unpaired) electrons. The van der Waals surface area contributed by atoms with Gasteiger partial charge in [0.15, 0.2) is 5.76 Å². The molecule has 8 heteroatoms. The van der Waals surface area contributed by atoms with Crippen LogP contribution in [-0.2, 0) is 10.1 Å². The van der Waals surface area contributed by atoms with E-state index >= 15 is 0 Å². The van der Waals surface area contributed by atoms with Gasteiger partial charge in [-0.3, -0.25) is 4.79 Å². The second-order valence-corrected chi connectivity index (χ2v) is 8.61. The van der Waals surface area contributed by atoms with Gasteiger partial charge in [-0.2, -0.15) is 8.42 Å². The van der Waals surface area contributed by atoms with E-state index < -0.39 is 15.9 Å². The highest BCUT2D eigenvalue weighted by Gasteiger charge is 2.28. The molecule has 0 fully saturated rings. The average Bonchev–Trinajstić information content (AvgIpc) is 2.97. The van der Waals surface area contributed by atoms with E-state index in [1.54, 1.807) is 6.08 Å². The molecule has 0 spiro atoms. The van der Waals surface area contributed by atoms with E-state index in [0.717, 1.165) is 34.3 Å². The lowest BCUT2D eigenvalue weighted by Crippen LogP contribution is -2.09. The number of hydrogen-bond acceptors (Lipinski definition) is 5. The minimum absolute atomic E-state index is 0.0235. The van der Waals surface area contributed by atoms with Crippen molar-refractivity contribution < 1.29 is 26.5 Å². The molecule has 3 aromatic rings. The first kappa shape index (κ1) is 19.4. The largest absolute Gasteiger partial charge is 0.452 e. The molecule has 0 saturated carbocycles. The number of fused-ring (bicyclic) bond motifs is 1. The molecule has 5 nitrogen and oxygen atoms in total. The van der Waals surface area contributed by atoms with Crippen LogP contribution in [0.25, 0.3) is 6.08 Å². The van der Waals surface area contributed by atoms with Crippen LogP contribution in [0, 0.1) is 5.82 Å². The number of hydrogen-bond donors (Lipinski definition) is 0. The molecule has 4 rings (SSSR count). The van der Waals surface area contributed by atoms with Gasteiger partial charge >= 0.3 is 10.1 Å². The Morgan fingerprint density at radius 1 is 1.00 bits per heavy atom. The highest BCUT2D eigenvalue weighted by atomic mass is 79.9. The molecule has 0 bridgehead atoms. The molecule has 0 amide bonds. The van der Waals surface area contributed by atoms with E-state index in [1.165, 1.54) is 18.2 Å². The van der Waals surface area contributed by atoms with E-state index in [1.807, 2.05) is 24.3 Å². The zero-order valence-electron chi connectivity index (χ0n) is 14.6. The summed E-state index contributed by atoms with van der Waals surface area (Å²) in [5.74, 6) is -0.574. The number of allylic oxidation sites excluding steroid dienone is 1. The first-order valence-electron chi connectivity index (χ1n) is 8.36. The third-order valence-corrected chi connectivity index (χ3v) is 5.85. The first-order valence-corrected chi connectivity index (χ1v) is 10.6. The summed E-state index contributed by atoms with van der Waals surface area (Å²) in [6, 6.07) is 15.7. The van der Waals surface area contributed by atoms with Gasteiger partial charge in [-0.1, -0.05) is 28.1 Å². The zero-order valence-corrected chi connectivity index (χ0v) is 17.0. The van der Waals surface area contributed by atoms with Crippen LogP contribution in [0.4, 0.5) is 4.39 Å². The number of benzene rings is 3. The van der Waals surface area contributed by atoms with Crippen molar-refractivity contribution in [3.63, 3.8) is 0 Å². The summed E-state index contributed by atoms with van der Waals surface area (Å²) in [6.07, 6.45) is 1.60. The Balaban J connectivity index is 1.60. The Hall–Kier alpha value is -2.97. The molecule has 0 unspecified atom stereocenters. The number of ether oxygens (including phenoxy) is 1. The monoisotopic (exact) mass is 474 g/mol. The topological polar surface area (TPSA) is 69.7 Å². The second-order valence-electron chi connectivity index (χ2n) is 6.14. The van der Waals surface area contributed by atoms with Crippen molar-refractivity contribution in [3.8, 4) is 11.5 Å². The van der Waals surface area contributed by atoms with E-state index in [2.05, 4.69) is 15.9 Å². The maximum atomic E-state index is 13.0. The summed E-state index contributed by atoms with van der Waals surface area (Å²) in [7, 11) is -4.15. The number of rotatable bonds is 4. The van der Waals surface area contributed by atoms with E-state index in [0.29, 0.717) is 5.56 Å². The minimum Gasteiger partial charge on any atom is -0.452 e. The van der Waals surface area contributed by atoms with Gasteiger partial charge in [0.25, 0.3) is 0 Å². The fraction of sp³-hybridized carbons (Fsp3) is 0. The normalized spacial score (nSPS) is 14.6. The molecule has 29 heavy (non-hydrogen) atoms. The Kier molecular flexibility index (Phi) is 4.97. The van der Waals surface area contributed by atoms with Crippen LogP contribution >= 0.6 is 15.9 Å². The van der Waals surface area contributed by atoms with Gasteiger partial charge < -0.3 is 8.92 Å². The third-order valence-electron chi connectivity index (χ3n) is 4.10. The lowest BCUT2D eigenvalue weighted by Gasteiger charge is -2.08. The Morgan fingerprint density at radius 3 is 2.48 bits per heavy atom. The molecule has 3 aromatic carbocycles. The predicted molar refractivity (Wildman–Crippen MR) is 108 cm³/mol. The zero-order chi connectivity index (χ0) is 20.6. The molecule has 0 atom stereocenters. The molecule has 1 heterocycles. The van der Waals surface area contributed by atoms with Crippen molar-refractivity contribution in [1.82, 2.24) is 0 Å². The summed E-state index contributed by atoms with van der Waals surface area (Å²) in [5.41, 5.74) is 1.07. The maximum absolute atomic E-state index is 13.0. The average molecular weight is 475 g/mol. The van der Waals surface area contributed by atoms with Crippen LogP contribution in [0.5, 0.6) is 11.5 Å².